The topological polar surface area (TPSA) is 65.2 Å². The van der Waals surface area contributed by atoms with Crippen LogP contribution in [0.25, 0.3) is 0 Å². The average Bonchev–Trinajstić information content (AvgIpc) is 2.01. The molecule has 0 aliphatic carbocycles. The van der Waals surface area contributed by atoms with Crippen LogP contribution < -0.4 is 5.73 Å². The van der Waals surface area contributed by atoms with Crippen LogP contribution in [-0.2, 0) is 4.74 Å². The summed E-state index contributed by atoms with van der Waals surface area (Å²) >= 11 is 5.77. The van der Waals surface area contributed by atoms with E-state index in [0.717, 1.165) is 0 Å². The van der Waals surface area contributed by atoms with E-state index in [9.17, 15) is 4.79 Å². The molecule has 0 aliphatic rings. The Morgan fingerprint density at radius 2 is 2.36 bits per heavy atom. The number of pyridine rings is 1. The summed E-state index contributed by atoms with van der Waals surface area (Å²) in [6, 6.07) is 1.58. The molecule has 0 unspecified atom stereocenters. The normalized spacial score (nSPS) is 9.93. The summed E-state index contributed by atoms with van der Waals surface area (Å²) in [6.07, 6.45) is 0. The number of carbonyl (C=O) groups is 1. The molecule has 0 amide bonds. The molecule has 0 fully saturated rings. The second kappa shape index (κ2) is 4.28. The first-order chi connectivity index (χ1) is 6.56. The van der Waals surface area contributed by atoms with Crippen LogP contribution in [0.2, 0.25) is 5.15 Å². The molecule has 0 aromatic carbocycles. The SMILES string of the molecule is CCOC(=O)c1c(N)cc(C)nc1Cl. The molecule has 0 spiro atoms. The number of nitrogens with two attached hydrogens (primary N) is 1. The Hall–Kier alpha value is -1.29. The zero-order valence-corrected chi connectivity index (χ0v) is 8.76. The van der Waals surface area contributed by atoms with Crippen molar-refractivity contribution in [3.8, 4) is 0 Å². The molecule has 2 N–H and O–H groups in total. The molecule has 0 radical (unpaired) electrons. The van der Waals surface area contributed by atoms with Gasteiger partial charge in [0.25, 0.3) is 0 Å². The quantitative estimate of drug-likeness (QED) is 0.602. The molecule has 1 rings (SSSR count). The fourth-order valence-corrected chi connectivity index (χ4v) is 1.38. The molecule has 0 aliphatic heterocycles. The summed E-state index contributed by atoms with van der Waals surface area (Å²) in [5.41, 5.74) is 6.73. The van der Waals surface area contributed by atoms with Gasteiger partial charge in [0.2, 0.25) is 0 Å². The van der Waals surface area contributed by atoms with E-state index in [0.29, 0.717) is 11.4 Å². The van der Waals surface area contributed by atoms with Crippen molar-refractivity contribution in [3.05, 3.63) is 22.5 Å². The van der Waals surface area contributed by atoms with Crippen molar-refractivity contribution in [1.29, 1.82) is 0 Å². The Balaban J connectivity index is 3.14. The number of aromatic nitrogens is 1. The van der Waals surface area contributed by atoms with E-state index < -0.39 is 5.97 Å². The second-order valence-corrected chi connectivity index (χ2v) is 3.10. The van der Waals surface area contributed by atoms with Crippen LogP contribution in [0.4, 0.5) is 5.69 Å². The third kappa shape index (κ3) is 2.14. The number of ether oxygens (including phenoxy) is 1. The number of aryl methyl sites for hydroxylation is 1. The Labute approximate surface area is 87.0 Å². The summed E-state index contributed by atoms with van der Waals surface area (Å²) in [5.74, 6) is -0.539. The molecule has 1 heterocycles. The molecule has 1 aromatic heterocycles. The van der Waals surface area contributed by atoms with Crippen LogP contribution >= 0.6 is 11.6 Å². The third-order valence-electron chi connectivity index (χ3n) is 1.61. The van der Waals surface area contributed by atoms with Crippen molar-refractivity contribution >= 4 is 23.3 Å². The summed E-state index contributed by atoms with van der Waals surface area (Å²) < 4.78 is 4.79. The Kier molecular flexibility index (Phi) is 3.30. The maximum atomic E-state index is 11.4. The summed E-state index contributed by atoms with van der Waals surface area (Å²) in [7, 11) is 0. The lowest BCUT2D eigenvalue weighted by atomic mass is 10.2. The van der Waals surface area contributed by atoms with Gasteiger partial charge < -0.3 is 10.5 Å². The van der Waals surface area contributed by atoms with E-state index in [1.165, 1.54) is 0 Å². The number of hydrogen-bond donors (Lipinski definition) is 1. The minimum absolute atomic E-state index is 0.0842. The Bertz CT molecular complexity index is 343. The van der Waals surface area contributed by atoms with Gasteiger partial charge in [0.05, 0.1) is 12.3 Å². The molecule has 5 heteroatoms. The predicted octanol–water partition coefficient (Wildman–Crippen LogP) is 1.80. The van der Waals surface area contributed by atoms with Gasteiger partial charge in [0, 0.05) is 5.69 Å². The minimum Gasteiger partial charge on any atom is -0.462 e. The number of nitrogens with zero attached hydrogens (tertiary/aromatic N) is 1. The van der Waals surface area contributed by atoms with Crippen LogP contribution in [0.3, 0.4) is 0 Å². The summed E-state index contributed by atoms with van der Waals surface area (Å²) in [5, 5.41) is 0.0842. The van der Waals surface area contributed by atoms with Crippen molar-refractivity contribution in [3.63, 3.8) is 0 Å². The van der Waals surface area contributed by atoms with E-state index >= 15 is 0 Å². The lowest BCUT2D eigenvalue weighted by Crippen LogP contribution is -2.10. The monoisotopic (exact) mass is 214 g/mol. The third-order valence-corrected chi connectivity index (χ3v) is 1.89. The number of halogens is 1. The fraction of sp³-hybridized carbons (Fsp3) is 0.333. The molecule has 0 atom stereocenters. The first-order valence-corrected chi connectivity index (χ1v) is 4.53. The van der Waals surface area contributed by atoms with Crippen molar-refractivity contribution in [1.82, 2.24) is 4.98 Å². The highest BCUT2D eigenvalue weighted by Crippen LogP contribution is 2.21. The number of anilines is 1. The van der Waals surface area contributed by atoms with Gasteiger partial charge >= 0.3 is 5.97 Å². The lowest BCUT2D eigenvalue weighted by molar-refractivity contribution is 0.0527. The molecule has 1 aromatic rings. The van der Waals surface area contributed by atoms with Gasteiger partial charge in [-0.15, -0.1) is 0 Å². The van der Waals surface area contributed by atoms with E-state index in [4.69, 9.17) is 22.1 Å². The van der Waals surface area contributed by atoms with Crippen LogP contribution in [0.1, 0.15) is 23.0 Å². The molecule has 4 nitrogen and oxygen atoms in total. The molecule has 14 heavy (non-hydrogen) atoms. The largest absolute Gasteiger partial charge is 0.462 e. The zero-order valence-electron chi connectivity index (χ0n) is 8.00. The van der Waals surface area contributed by atoms with Gasteiger partial charge in [0.1, 0.15) is 10.7 Å². The smallest absolute Gasteiger partial charge is 0.343 e. The predicted molar refractivity (Wildman–Crippen MR) is 54.4 cm³/mol. The average molecular weight is 215 g/mol. The Morgan fingerprint density at radius 1 is 1.71 bits per heavy atom. The van der Waals surface area contributed by atoms with Gasteiger partial charge in [-0.3, -0.25) is 0 Å². The van der Waals surface area contributed by atoms with E-state index in [1.54, 1.807) is 19.9 Å². The zero-order chi connectivity index (χ0) is 10.7. The standard InChI is InChI=1S/C9H11ClN2O2/c1-3-14-9(13)7-6(11)4-5(2)12-8(7)10/h4H,3H2,1-2H3,(H2,11,12). The highest BCUT2D eigenvalue weighted by atomic mass is 35.5. The number of esters is 1. The maximum absolute atomic E-state index is 11.4. The number of nitrogen functional groups attached to an aromatic ring is 1. The highest BCUT2D eigenvalue weighted by Gasteiger charge is 2.16. The molecule has 0 saturated carbocycles. The molecular formula is C9H11ClN2O2. The highest BCUT2D eigenvalue weighted by molar-refractivity contribution is 6.33. The first kappa shape index (κ1) is 10.8. The minimum atomic E-state index is -0.539. The molecular weight excluding hydrogens is 204 g/mol. The van der Waals surface area contributed by atoms with E-state index in [1.807, 2.05) is 0 Å². The van der Waals surface area contributed by atoms with Crippen LogP contribution in [0.5, 0.6) is 0 Å². The van der Waals surface area contributed by atoms with E-state index in [2.05, 4.69) is 4.98 Å². The van der Waals surface area contributed by atoms with Gasteiger partial charge in [0.15, 0.2) is 0 Å². The summed E-state index contributed by atoms with van der Waals surface area (Å²) in [6.45, 7) is 3.74. The lowest BCUT2D eigenvalue weighted by Gasteiger charge is -2.07. The molecule has 0 bridgehead atoms. The van der Waals surface area contributed by atoms with Crippen molar-refractivity contribution in [2.45, 2.75) is 13.8 Å². The van der Waals surface area contributed by atoms with Gasteiger partial charge in [-0.2, -0.15) is 0 Å². The van der Waals surface area contributed by atoms with Crippen LogP contribution in [0, 0.1) is 6.92 Å². The molecule has 76 valence electrons. The maximum Gasteiger partial charge on any atom is 0.343 e. The van der Waals surface area contributed by atoms with E-state index in [-0.39, 0.29) is 17.3 Å². The van der Waals surface area contributed by atoms with Crippen molar-refractivity contribution in [2.75, 3.05) is 12.3 Å². The van der Waals surface area contributed by atoms with Gasteiger partial charge in [-0.25, -0.2) is 9.78 Å². The Morgan fingerprint density at radius 3 is 2.86 bits per heavy atom. The van der Waals surface area contributed by atoms with Crippen molar-refractivity contribution < 1.29 is 9.53 Å². The van der Waals surface area contributed by atoms with Crippen molar-refractivity contribution in [2.24, 2.45) is 0 Å². The number of carbonyl (C=O) groups excluding carboxylic acids is 1. The molecule has 0 saturated heterocycles. The second-order valence-electron chi connectivity index (χ2n) is 2.74. The first-order valence-electron chi connectivity index (χ1n) is 4.16. The number of rotatable bonds is 2. The number of hydrogen-bond acceptors (Lipinski definition) is 4. The van der Waals surface area contributed by atoms with Crippen LogP contribution in [-0.4, -0.2) is 17.6 Å². The van der Waals surface area contributed by atoms with Gasteiger partial charge in [-0.05, 0) is 19.9 Å². The van der Waals surface area contributed by atoms with Crippen LogP contribution in [0.15, 0.2) is 6.07 Å². The van der Waals surface area contributed by atoms with Gasteiger partial charge in [-0.1, -0.05) is 11.6 Å². The summed E-state index contributed by atoms with van der Waals surface area (Å²) in [4.78, 5) is 15.3. The fourth-order valence-electron chi connectivity index (χ4n) is 1.06.